The van der Waals surface area contributed by atoms with Crippen LogP contribution in [0.2, 0.25) is 0 Å². The maximum atomic E-state index is 5.89. The number of benzene rings is 2. The number of hydrogen-bond acceptors (Lipinski definition) is 4. The van der Waals surface area contributed by atoms with Gasteiger partial charge in [0.1, 0.15) is 18.2 Å². The Labute approximate surface area is 171 Å². The topological polar surface area (TPSA) is 43.2 Å². The molecule has 0 radical (unpaired) electrons. The summed E-state index contributed by atoms with van der Waals surface area (Å²) in [4.78, 5) is 2.50. The van der Waals surface area contributed by atoms with E-state index >= 15 is 0 Å². The highest BCUT2D eigenvalue weighted by molar-refractivity contribution is 5.67. The van der Waals surface area contributed by atoms with Gasteiger partial charge < -0.3 is 9.30 Å². The first-order chi connectivity index (χ1) is 14.3. The summed E-state index contributed by atoms with van der Waals surface area (Å²) in [6.07, 6.45) is 4.38. The summed E-state index contributed by atoms with van der Waals surface area (Å²) in [6.45, 7) is 6.67. The minimum atomic E-state index is 0.654. The van der Waals surface area contributed by atoms with Crippen molar-refractivity contribution in [3.63, 3.8) is 0 Å². The third-order valence-corrected chi connectivity index (χ3v) is 5.90. The van der Waals surface area contributed by atoms with E-state index in [0.29, 0.717) is 6.61 Å². The van der Waals surface area contributed by atoms with Gasteiger partial charge >= 0.3 is 0 Å². The average Bonchev–Trinajstić information content (AvgIpc) is 3.07. The lowest BCUT2D eigenvalue weighted by Crippen LogP contribution is -2.31. The molecule has 0 atom stereocenters. The van der Waals surface area contributed by atoms with Crippen molar-refractivity contribution >= 4 is 5.57 Å². The van der Waals surface area contributed by atoms with Crippen LogP contribution < -0.4 is 4.74 Å². The minimum Gasteiger partial charge on any atom is -0.491 e. The molecule has 0 saturated heterocycles. The molecule has 2 aliphatic rings. The second-order valence-corrected chi connectivity index (χ2v) is 7.83. The number of para-hydroxylation sites is 1. The Morgan fingerprint density at radius 1 is 1.00 bits per heavy atom. The molecule has 0 unspecified atom stereocenters. The van der Waals surface area contributed by atoms with Gasteiger partial charge in [0.05, 0.1) is 12.1 Å². The fraction of sp³-hybridized carbons (Fsp3) is 0.333. The molecule has 5 rings (SSSR count). The van der Waals surface area contributed by atoms with E-state index in [0.717, 1.165) is 62.0 Å². The van der Waals surface area contributed by atoms with E-state index in [1.807, 2.05) is 18.2 Å². The summed E-state index contributed by atoms with van der Waals surface area (Å²) in [5, 5.41) is 8.99. The van der Waals surface area contributed by atoms with E-state index in [1.165, 1.54) is 16.7 Å². The maximum Gasteiger partial charge on any atom is 0.167 e. The standard InChI is InChI=1S/C24H26N4O/c1-18-6-8-19(9-7-18)20-10-13-27(14-11-20)15-12-23-25-26-24-21-4-2-3-5-22(21)29-17-16-28(23)24/h2-10H,11-17H2,1H3. The van der Waals surface area contributed by atoms with Gasteiger partial charge in [0.15, 0.2) is 5.82 Å². The Morgan fingerprint density at radius 2 is 1.86 bits per heavy atom. The molecule has 5 nitrogen and oxygen atoms in total. The first kappa shape index (κ1) is 18.1. The molecule has 0 N–H and O–H groups in total. The third-order valence-electron chi connectivity index (χ3n) is 5.90. The van der Waals surface area contributed by atoms with Crippen molar-refractivity contribution in [2.24, 2.45) is 0 Å². The van der Waals surface area contributed by atoms with Crippen LogP contribution in [-0.2, 0) is 13.0 Å². The van der Waals surface area contributed by atoms with Gasteiger partial charge in [-0.1, -0.05) is 48.0 Å². The normalized spacial score (nSPS) is 16.4. The molecule has 0 bridgehead atoms. The average molecular weight is 386 g/mol. The highest BCUT2D eigenvalue weighted by Crippen LogP contribution is 2.31. The lowest BCUT2D eigenvalue weighted by atomic mass is 9.98. The van der Waals surface area contributed by atoms with Crippen LogP contribution in [0, 0.1) is 6.92 Å². The minimum absolute atomic E-state index is 0.654. The largest absolute Gasteiger partial charge is 0.491 e. The Bertz CT molecular complexity index is 1040. The number of hydrogen-bond donors (Lipinski definition) is 0. The number of aryl methyl sites for hydroxylation is 1. The van der Waals surface area contributed by atoms with Crippen molar-refractivity contribution in [3.8, 4) is 17.1 Å². The highest BCUT2D eigenvalue weighted by Gasteiger charge is 2.21. The van der Waals surface area contributed by atoms with Crippen molar-refractivity contribution in [1.82, 2.24) is 19.7 Å². The summed E-state index contributed by atoms with van der Waals surface area (Å²) in [5.41, 5.74) is 5.17. The molecule has 0 fully saturated rings. The highest BCUT2D eigenvalue weighted by atomic mass is 16.5. The van der Waals surface area contributed by atoms with E-state index in [2.05, 4.69) is 63.0 Å². The molecule has 0 amide bonds. The quantitative estimate of drug-likeness (QED) is 0.680. The van der Waals surface area contributed by atoms with Crippen molar-refractivity contribution < 1.29 is 4.74 Å². The van der Waals surface area contributed by atoms with Crippen molar-refractivity contribution in [3.05, 3.63) is 71.6 Å². The van der Waals surface area contributed by atoms with Gasteiger partial charge in [0.25, 0.3) is 0 Å². The zero-order valence-electron chi connectivity index (χ0n) is 16.8. The monoisotopic (exact) mass is 386 g/mol. The second kappa shape index (κ2) is 7.84. The lowest BCUT2D eigenvalue weighted by molar-refractivity contribution is 0.293. The summed E-state index contributed by atoms with van der Waals surface area (Å²) in [5.74, 6) is 2.87. The van der Waals surface area contributed by atoms with Gasteiger partial charge in [-0.2, -0.15) is 0 Å². The third kappa shape index (κ3) is 3.70. The molecule has 1 aromatic heterocycles. The molecule has 2 aromatic carbocycles. The Hall–Kier alpha value is -2.92. The van der Waals surface area contributed by atoms with Crippen LogP contribution in [0.25, 0.3) is 17.0 Å². The van der Waals surface area contributed by atoms with E-state index in [1.54, 1.807) is 0 Å². The fourth-order valence-electron chi connectivity index (χ4n) is 4.18. The second-order valence-electron chi connectivity index (χ2n) is 7.83. The predicted octanol–water partition coefficient (Wildman–Crippen LogP) is 3.98. The van der Waals surface area contributed by atoms with Crippen LogP contribution >= 0.6 is 0 Å². The van der Waals surface area contributed by atoms with E-state index in [4.69, 9.17) is 4.74 Å². The van der Waals surface area contributed by atoms with Crippen LogP contribution in [-0.4, -0.2) is 45.9 Å². The Kier molecular flexibility index (Phi) is 4.90. The van der Waals surface area contributed by atoms with Crippen LogP contribution in [0.1, 0.15) is 23.4 Å². The summed E-state index contributed by atoms with van der Waals surface area (Å²) >= 11 is 0. The van der Waals surface area contributed by atoms with Gasteiger partial charge in [-0.3, -0.25) is 4.90 Å². The molecule has 0 aliphatic carbocycles. The molecular formula is C24H26N4O. The number of nitrogens with zero attached hydrogens (tertiary/aromatic N) is 4. The number of aromatic nitrogens is 3. The van der Waals surface area contributed by atoms with E-state index < -0.39 is 0 Å². The zero-order chi connectivity index (χ0) is 19.6. The molecule has 0 spiro atoms. The van der Waals surface area contributed by atoms with Gasteiger partial charge in [-0.15, -0.1) is 10.2 Å². The molecule has 2 aliphatic heterocycles. The fourth-order valence-corrected chi connectivity index (χ4v) is 4.18. The van der Waals surface area contributed by atoms with Gasteiger partial charge in [0, 0.05) is 26.1 Å². The Morgan fingerprint density at radius 3 is 2.69 bits per heavy atom. The number of fused-ring (bicyclic) bond motifs is 3. The van der Waals surface area contributed by atoms with Crippen LogP contribution in [0.4, 0.5) is 0 Å². The van der Waals surface area contributed by atoms with Crippen LogP contribution in [0.3, 0.4) is 0 Å². The first-order valence-corrected chi connectivity index (χ1v) is 10.4. The number of ether oxygens (including phenoxy) is 1. The molecule has 0 saturated carbocycles. The summed E-state index contributed by atoms with van der Waals surface area (Å²) in [6, 6.07) is 17.0. The lowest BCUT2D eigenvalue weighted by Gasteiger charge is -2.26. The van der Waals surface area contributed by atoms with E-state index in [-0.39, 0.29) is 0 Å². The molecular weight excluding hydrogens is 360 g/mol. The SMILES string of the molecule is Cc1ccc(C2=CCN(CCc3nnc4n3CCOc3ccccc3-4)CC2)cc1. The van der Waals surface area contributed by atoms with Gasteiger partial charge in [-0.25, -0.2) is 0 Å². The molecule has 3 aromatic rings. The smallest absolute Gasteiger partial charge is 0.167 e. The van der Waals surface area contributed by atoms with Gasteiger partial charge in [-0.05, 0) is 36.6 Å². The summed E-state index contributed by atoms with van der Waals surface area (Å²) in [7, 11) is 0. The molecule has 148 valence electrons. The summed E-state index contributed by atoms with van der Waals surface area (Å²) < 4.78 is 8.12. The van der Waals surface area contributed by atoms with E-state index in [9.17, 15) is 0 Å². The van der Waals surface area contributed by atoms with Crippen LogP contribution in [0.15, 0.2) is 54.6 Å². The van der Waals surface area contributed by atoms with Gasteiger partial charge in [0.2, 0.25) is 0 Å². The van der Waals surface area contributed by atoms with Crippen molar-refractivity contribution in [1.29, 1.82) is 0 Å². The predicted molar refractivity (Wildman–Crippen MR) is 115 cm³/mol. The number of rotatable bonds is 4. The van der Waals surface area contributed by atoms with Crippen LogP contribution in [0.5, 0.6) is 5.75 Å². The Balaban J connectivity index is 1.26. The zero-order valence-corrected chi connectivity index (χ0v) is 16.8. The molecule has 5 heteroatoms. The van der Waals surface area contributed by atoms with Crippen molar-refractivity contribution in [2.75, 3.05) is 26.2 Å². The maximum absolute atomic E-state index is 5.89. The molecule has 29 heavy (non-hydrogen) atoms. The first-order valence-electron chi connectivity index (χ1n) is 10.4. The van der Waals surface area contributed by atoms with Crippen molar-refractivity contribution in [2.45, 2.75) is 26.3 Å². The molecule has 3 heterocycles.